The van der Waals surface area contributed by atoms with Crippen molar-refractivity contribution in [3.05, 3.63) is 0 Å². The Labute approximate surface area is 79.3 Å². The molecule has 13 heavy (non-hydrogen) atoms. The van der Waals surface area contributed by atoms with E-state index in [2.05, 4.69) is 6.07 Å². The molecule has 0 spiro atoms. The largest absolute Gasteiger partial charge is 0.327 e. The topological polar surface area (TPSA) is 44.1 Å². The van der Waals surface area contributed by atoms with E-state index in [9.17, 15) is 4.79 Å². The monoisotopic (exact) mass is 180 g/mol. The van der Waals surface area contributed by atoms with Gasteiger partial charge in [-0.25, -0.2) is 0 Å². The third-order valence-corrected chi connectivity index (χ3v) is 2.96. The first-order valence-corrected chi connectivity index (χ1v) is 4.84. The SMILES string of the molecule is CCC(=O)N(C)C1(C#N)CCCC1. The van der Waals surface area contributed by atoms with E-state index in [0.717, 1.165) is 25.7 Å². The van der Waals surface area contributed by atoms with Crippen LogP contribution in [0.4, 0.5) is 0 Å². The van der Waals surface area contributed by atoms with Gasteiger partial charge in [-0.05, 0) is 25.7 Å². The van der Waals surface area contributed by atoms with Crippen molar-refractivity contribution in [2.75, 3.05) is 7.05 Å². The van der Waals surface area contributed by atoms with Gasteiger partial charge in [0.25, 0.3) is 0 Å². The Kier molecular flexibility index (Phi) is 2.92. The summed E-state index contributed by atoms with van der Waals surface area (Å²) in [6.45, 7) is 1.83. The van der Waals surface area contributed by atoms with Crippen molar-refractivity contribution in [2.24, 2.45) is 0 Å². The number of hydrogen-bond acceptors (Lipinski definition) is 2. The summed E-state index contributed by atoms with van der Waals surface area (Å²) in [7, 11) is 1.75. The van der Waals surface area contributed by atoms with Crippen molar-refractivity contribution in [2.45, 2.75) is 44.6 Å². The fraction of sp³-hybridized carbons (Fsp3) is 0.800. The highest BCUT2D eigenvalue weighted by molar-refractivity contribution is 5.77. The van der Waals surface area contributed by atoms with Gasteiger partial charge in [0.2, 0.25) is 5.91 Å². The minimum absolute atomic E-state index is 0.0726. The zero-order chi connectivity index (χ0) is 9.90. The van der Waals surface area contributed by atoms with Gasteiger partial charge in [0, 0.05) is 13.5 Å². The van der Waals surface area contributed by atoms with Gasteiger partial charge >= 0.3 is 0 Å². The van der Waals surface area contributed by atoms with E-state index >= 15 is 0 Å². The molecule has 0 unspecified atom stereocenters. The van der Waals surface area contributed by atoms with Crippen molar-refractivity contribution < 1.29 is 4.79 Å². The molecule has 0 aromatic rings. The fourth-order valence-electron chi connectivity index (χ4n) is 1.96. The Morgan fingerprint density at radius 1 is 1.54 bits per heavy atom. The minimum Gasteiger partial charge on any atom is -0.327 e. The molecule has 3 nitrogen and oxygen atoms in total. The molecule has 1 aliphatic carbocycles. The molecule has 72 valence electrons. The Balaban J connectivity index is 2.77. The predicted molar refractivity (Wildman–Crippen MR) is 49.9 cm³/mol. The molecule has 1 rings (SSSR count). The third kappa shape index (κ3) is 1.67. The molecule has 0 aliphatic heterocycles. The zero-order valence-electron chi connectivity index (χ0n) is 8.34. The van der Waals surface area contributed by atoms with Crippen molar-refractivity contribution in [1.29, 1.82) is 5.26 Å². The molecule has 0 heterocycles. The average molecular weight is 180 g/mol. The van der Waals surface area contributed by atoms with Crippen molar-refractivity contribution >= 4 is 5.91 Å². The molecule has 1 amide bonds. The summed E-state index contributed by atoms with van der Waals surface area (Å²) in [6, 6.07) is 2.30. The number of nitrogens with zero attached hydrogens (tertiary/aromatic N) is 2. The first kappa shape index (κ1) is 10.0. The Morgan fingerprint density at radius 2 is 2.08 bits per heavy atom. The maximum absolute atomic E-state index is 11.4. The Bertz CT molecular complexity index is 236. The fourth-order valence-corrected chi connectivity index (χ4v) is 1.96. The third-order valence-electron chi connectivity index (χ3n) is 2.96. The molecule has 0 N–H and O–H groups in total. The van der Waals surface area contributed by atoms with Crippen LogP contribution in [0.3, 0.4) is 0 Å². The van der Waals surface area contributed by atoms with E-state index in [1.54, 1.807) is 11.9 Å². The van der Waals surface area contributed by atoms with Crippen LogP contribution >= 0.6 is 0 Å². The van der Waals surface area contributed by atoms with E-state index in [0.29, 0.717) is 6.42 Å². The second kappa shape index (κ2) is 3.78. The molecule has 0 radical (unpaired) electrons. The van der Waals surface area contributed by atoms with Crippen molar-refractivity contribution in [3.63, 3.8) is 0 Å². The van der Waals surface area contributed by atoms with Crippen LogP contribution in [-0.4, -0.2) is 23.4 Å². The number of nitriles is 1. The highest BCUT2D eigenvalue weighted by atomic mass is 16.2. The highest BCUT2D eigenvalue weighted by Crippen LogP contribution is 2.34. The summed E-state index contributed by atoms with van der Waals surface area (Å²) < 4.78 is 0. The van der Waals surface area contributed by atoms with Crippen LogP contribution < -0.4 is 0 Å². The summed E-state index contributed by atoms with van der Waals surface area (Å²) in [5, 5.41) is 9.09. The summed E-state index contributed by atoms with van der Waals surface area (Å²) in [5.74, 6) is 0.0726. The number of amides is 1. The van der Waals surface area contributed by atoms with Gasteiger partial charge in [-0.2, -0.15) is 5.26 Å². The van der Waals surface area contributed by atoms with Crippen LogP contribution in [0.5, 0.6) is 0 Å². The van der Waals surface area contributed by atoms with Gasteiger partial charge in [0.1, 0.15) is 5.54 Å². The van der Waals surface area contributed by atoms with Gasteiger partial charge in [0.15, 0.2) is 0 Å². The molecular weight excluding hydrogens is 164 g/mol. The molecule has 0 saturated heterocycles. The maximum atomic E-state index is 11.4. The van der Waals surface area contributed by atoms with E-state index in [4.69, 9.17) is 5.26 Å². The number of carbonyl (C=O) groups excluding carboxylic acids is 1. The summed E-state index contributed by atoms with van der Waals surface area (Å²) >= 11 is 0. The first-order valence-electron chi connectivity index (χ1n) is 4.84. The summed E-state index contributed by atoms with van der Waals surface area (Å²) in [5.41, 5.74) is -0.493. The summed E-state index contributed by atoms with van der Waals surface area (Å²) in [4.78, 5) is 13.1. The molecule has 0 aromatic carbocycles. The molecule has 1 aliphatic rings. The highest BCUT2D eigenvalue weighted by Gasteiger charge is 2.39. The van der Waals surface area contributed by atoms with Crippen LogP contribution in [0.2, 0.25) is 0 Å². The Hall–Kier alpha value is -1.04. The van der Waals surface area contributed by atoms with Gasteiger partial charge < -0.3 is 4.90 Å². The smallest absolute Gasteiger partial charge is 0.223 e. The number of carbonyl (C=O) groups is 1. The van der Waals surface area contributed by atoms with Crippen LogP contribution in [0, 0.1) is 11.3 Å². The Morgan fingerprint density at radius 3 is 2.46 bits per heavy atom. The quantitative estimate of drug-likeness (QED) is 0.649. The van der Waals surface area contributed by atoms with Crippen molar-refractivity contribution in [1.82, 2.24) is 4.90 Å². The second-order valence-electron chi connectivity index (χ2n) is 3.66. The normalized spacial score (nSPS) is 19.5. The second-order valence-corrected chi connectivity index (χ2v) is 3.66. The number of hydrogen-bond donors (Lipinski definition) is 0. The van der Waals surface area contributed by atoms with Crippen LogP contribution in [-0.2, 0) is 4.79 Å². The van der Waals surface area contributed by atoms with Crippen LogP contribution in [0.1, 0.15) is 39.0 Å². The maximum Gasteiger partial charge on any atom is 0.223 e. The molecular formula is C10H16N2O. The average Bonchev–Trinajstić information content (AvgIpc) is 2.65. The first-order chi connectivity index (χ1) is 6.16. The lowest BCUT2D eigenvalue weighted by Crippen LogP contribution is -2.46. The molecule has 0 aromatic heterocycles. The standard InChI is InChI=1S/C10H16N2O/c1-3-9(13)12(2)10(8-11)6-4-5-7-10/h3-7H2,1-2H3. The lowest BCUT2D eigenvalue weighted by atomic mass is 9.97. The lowest BCUT2D eigenvalue weighted by molar-refractivity contribution is -0.133. The predicted octanol–water partition coefficient (Wildman–Crippen LogP) is 1.69. The van der Waals surface area contributed by atoms with Gasteiger partial charge in [-0.15, -0.1) is 0 Å². The molecule has 3 heteroatoms. The molecule has 1 fully saturated rings. The van der Waals surface area contributed by atoms with E-state index < -0.39 is 5.54 Å². The van der Waals surface area contributed by atoms with Gasteiger partial charge in [-0.1, -0.05) is 6.92 Å². The van der Waals surface area contributed by atoms with E-state index in [1.165, 1.54) is 0 Å². The van der Waals surface area contributed by atoms with Gasteiger partial charge in [-0.3, -0.25) is 4.79 Å². The lowest BCUT2D eigenvalue weighted by Gasteiger charge is -2.32. The van der Waals surface area contributed by atoms with Crippen LogP contribution in [0.25, 0.3) is 0 Å². The van der Waals surface area contributed by atoms with Crippen molar-refractivity contribution in [3.8, 4) is 6.07 Å². The van der Waals surface area contributed by atoms with Crippen LogP contribution in [0.15, 0.2) is 0 Å². The molecule has 1 saturated carbocycles. The summed E-state index contributed by atoms with van der Waals surface area (Å²) in [6.07, 6.45) is 4.29. The van der Waals surface area contributed by atoms with E-state index in [1.807, 2.05) is 6.92 Å². The molecule has 0 atom stereocenters. The zero-order valence-corrected chi connectivity index (χ0v) is 8.34. The number of rotatable bonds is 2. The molecule has 0 bridgehead atoms. The van der Waals surface area contributed by atoms with E-state index in [-0.39, 0.29) is 5.91 Å². The minimum atomic E-state index is -0.493. The van der Waals surface area contributed by atoms with Gasteiger partial charge in [0.05, 0.1) is 6.07 Å².